The molecule has 0 aliphatic carbocycles. The largest absolute Gasteiger partial charge is 0.457 e. The molecule has 6 atom stereocenters. The molecule has 1 aliphatic rings. The molecular weight excluding hydrogens is 793 g/mol. The molecule has 0 aromatic heterocycles. The van der Waals surface area contributed by atoms with Crippen LogP contribution in [0.15, 0.2) is 12.2 Å². The number of aliphatic hydroxyl groups is 4. The second kappa shape index (κ2) is 46.1. The average Bonchev–Trinajstić information content (AvgIpc) is 3.28. The van der Waals surface area contributed by atoms with Gasteiger partial charge < -0.3 is 39.4 Å². The van der Waals surface area contributed by atoms with Gasteiger partial charge in [-0.25, -0.2) is 0 Å². The van der Waals surface area contributed by atoms with Gasteiger partial charge in [0.25, 0.3) is 0 Å². The van der Waals surface area contributed by atoms with Crippen molar-refractivity contribution in [3.63, 3.8) is 0 Å². The smallest absolute Gasteiger partial charge is 0.306 e. The van der Waals surface area contributed by atoms with Crippen LogP contribution in [0, 0.1) is 0 Å². The molecule has 1 fully saturated rings. The minimum Gasteiger partial charge on any atom is -0.457 e. The summed E-state index contributed by atoms with van der Waals surface area (Å²) in [5, 5.41) is 40.3. The third-order valence-electron chi connectivity index (χ3n) is 12.9. The number of aliphatic hydroxyl groups excluding tert-OH is 4. The van der Waals surface area contributed by atoms with Crippen LogP contribution in [-0.4, -0.2) is 89.6 Å². The summed E-state index contributed by atoms with van der Waals surface area (Å²) in [5.41, 5.74) is 0. The van der Waals surface area contributed by atoms with Gasteiger partial charge >= 0.3 is 5.97 Å². The van der Waals surface area contributed by atoms with Gasteiger partial charge in [0.15, 0.2) is 6.29 Å². The lowest BCUT2D eigenvalue weighted by atomic mass is 9.99. The third kappa shape index (κ3) is 36.7. The summed E-state index contributed by atoms with van der Waals surface area (Å²) in [5.74, 6) is -0.307. The van der Waals surface area contributed by atoms with Gasteiger partial charge in [-0.1, -0.05) is 231 Å². The Morgan fingerprint density at radius 2 is 0.873 bits per heavy atom. The second-order valence-electron chi connectivity index (χ2n) is 19.0. The fraction of sp³-hybridized carbons (Fsp3) is 0.944. The normalized spacial score (nSPS) is 19.6. The molecule has 4 N–H and O–H groups in total. The van der Waals surface area contributed by atoms with E-state index in [1.165, 1.54) is 212 Å². The van der Waals surface area contributed by atoms with Crippen molar-refractivity contribution in [3.8, 4) is 0 Å². The zero-order chi connectivity index (χ0) is 45.7. The van der Waals surface area contributed by atoms with Crippen LogP contribution in [0.2, 0.25) is 0 Å². The third-order valence-corrected chi connectivity index (χ3v) is 12.9. The summed E-state index contributed by atoms with van der Waals surface area (Å²) in [6.07, 6.45) is 46.8. The summed E-state index contributed by atoms with van der Waals surface area (Å²) >= 11 is 0. The molecule has 374 valence electrons. The summed E-state index contributed by atoms with van der Waals surface area (Å²) in [7, 11) is 0. The molecule has 63 heavy (non-hydrogen) atoms. The first-order valence-electron chi connectivity index (χ1n) is 27.3. The highest BCUT2D eigenvalue weighted by Crippen LogP contribution is 2.23. The molecule has 9 heteroatoms. The number of unbranched alkanes of at least 4 members (excludes halogenated alkanes) is 35. The minimum atomic E-state index is -1.53. The molecule has 6 unspecified atom stereocenters. The second-order valence-corrected chi connectivity index (χ2v) is 19.0. The maximum atomic E-state index is 12.9. The molecule has 0 saturated carbocycles. The minimum absolute atomic E-state index is 0.108. The van der Waals surface area contributed by atoms with E-state index in [-0.39, 0.29) is 19.2 Å². The number of ether oxygens (including phenoxy) is 4. The fourth-order valence-electron chi connectivity index (χ4n) is 8.67. The van der Waals surface area contributed by atoms with Gasteiger partial charge in [0, 0.05) is 13.0 Å². The van der Waals surface area contributed by atoms with Gasteiger partial charge in [-0.3, -0.25) is 4.79 Å². The van der Waals surface area contributed by atoms with Crippen molar-refractivity contribution in [2.45, 2.75) is 301 Å². The first-order chi connectivity index (χ1) is 30.9. The SMILES string of the molecule is CCCCCCCCC/C=C\CCCCCCCCCCOCC(COC1OC(CO)C(O)C(O)C1O)OC(=O)CCCCCCCCCCCCCCCCCCCCCCC. The van der Waals surface area contributed by atoms with Crippen LogP contribution in [0.5, 0.6) is 0 Å². The molecule has 1 heterocycles. The highest BCUT2D eigenvalue weighted by atomic mass is 16.7. The van der Waals surface area contributed by atoms with Crippen LogP contribution in [0.3, 0.4) is 0 Å². The Kier molecular flexibility index (Phi) is 43.8. The van der Waals surface area contributed by atoms with E-state index in [0.717, 1.165) is 32.1 Å². The molecule has 9 nitrogen and oxygen atoms in total. The molecule has 1 aliphatic heterocycles. The predicted molar refractivity (Wildman–Crippen MR) is 261 cm³/mol. The van der Waals surface area contributed by atoms with Crippen LogP contribution in [0.4, 0.5) is 0 Å². The molecule has 1 rings (SSSR count). The van der Waals surface area contributed by atoms with Crippen molar-refractivity contribution >= 4 is 5.97 Å². The summed E-state index contributed by atoms with van der Waals surface area (Å²) in [6.45, 7) is 4.61. The number of hydrogen-bond donors (Lipinski definition) is 4. The van der Waals surface area contributed by atoms with Crippen LogP contribution in [-0.2, 0) is 23.7 Å². The van der Waals surface area contributed by atoms with Crippen molar-refractivity contribution in [2.75, 3.05) is 26.4 Å². The number of esters is 1. The van der Waals surface area contributed by atoms with Gasteiger partial charge in [-0.05, 0) is 38.5 Å². The van der Waals surface area contributed by atoms with Crippen molar-refractivity contribution in [3.05, 3.63) is 12.2 Å². The Morgan fingerprint density at radius 1 is 0.492 bits per heavy atom. The number of carbonyl (C=O) groups is 1. The number of rotatable bonds is 48. The van der Waals surface area contributed by atoms with Crippen LogP contribution in [0.1, 0.15) is 264 Å². The van der Waals surface area contributed by atoms with E-state index < -0.39 is 43.4 Å². The Hall–Kier alpha value is -1.07. The van der Waals surface area contributed by atoms with Crippen molar-refractivity contribution in [2.24, 2.45) is 0 Å². The average molecular weight is 897 g/mol. The Labute approximate surface area is 388 Å². The molecule has 0 radical (unpaired) electrons. The summed E-state index contributed by atoms with van der Waals surface area (Å²) in [4.78, 5) is 12.9. The summed E-state index contributed by atoms with van der Waals surface area (Å²) < 4.78 is 22.9. The Bertz CT molecular complexity index is 977. The van der Waals surface area contributed by atoms with Crippen molar-refractivity contribution in [1.29, 1.82) is 0 Å². The molecular formula is C54H104O9. The molecule has 0 aromatic rings. The lowest BCUT2D eigenvalue weighted by Gasteiger charge is -2.39. The highest BCUT2D eigenvalue weighted by molar-refractivity contribution is 5.69. The van der Waals surface area contributed by atoms with Gasteiger partial charge in [0.1, 0.15) is 30.5 Å². The highest BCUT2D eigenvalue weighted by Gasteiger charge is 2.44. The fourth-order valence-corrected chi connectivity index (χ4v) is 8.67. The van der Waals surface area contributed by atoms with Gasteiger partial charge in [-0.15, -0.1) is 0 Å². The maximum absolute atomic E-state index is 12.9. The van der Waals surface area contributed by atoms with E-state index in [4.69, 9.17) is 18.9 Å². The first kappa shape index (κ1) is 59.9. The predicted octanol–water partition coefficient (Wildman–Crippen LogP) is 13.5. The van der Waals surface area contributed by atoms with E-state index in [9.17, 15) is 25.2 Å². The van der Waals surface area contributed by atoms with Crippen molar-refractivity contribution < 1.29 is 44.2 Å². The quantitative estimate of drug-likeness (QED) is 0.0267. The van der Waals surface area contributed by atoms with E-state index >= 15 is 0 Å². The molecule has 0 spiro atoms. The molecule has 0 amide bonds. The zero-order valence-electron chi connectivity index (χ0n) is 41.4. The van der Waals surface area contributed by atoms with Crippen LogP contribution >= 0.6 is 0 Å². The van der Waals surface area contributed by atoms with Crippen LogP contribution < -0.4 is 0 Å². The standard InChI is InChI=1S/C54H104O9/c1-3-5-7-9-11-13-15-17-19-21-23-24-25-27-29-31-33-35-37-39-41-43-50(56)62-48(47-61-54-53(59)52(58)51(57)49(45-55)63-54)46-60-44-42-40-38-36-34-32-30-28-26-22-20-18-16-14-12-10-8-6-4-2/h20,22,48-49,51-55,57-59H,3-19,21,23-47H2,1-2H3/b22-20-. The number of hydrogen-bond acceptors (Lipinski definition) is 9. The maximum Gasteiger partial charge on any atom is 0.306 e. The van der Waals surface area contributed by atoms with E-state index in [1.54, 1.807) is 0 Å². The zero-order valence-corrected chi connectivity index (χ0v) is 41.4. The first-order valence-corrected chi connectivity index (χ1v) is 27.3. The van der Waals surface area contributed by atoms with E-state index in [1.807, 2.05) is 0 Å². The Morgan fingerprint density at radius 3 is 1.29 bits per heavy atom. The molecule has 1 saturated heterocycles. The lowest BCUT2D eigenvalue weighted by molar-refractivity contribution is -0.305. The van der Waals surface area contributed by atoms with E-state index in [2.05, 4.69) is 26.0 Å². The Balaban J connectivity index is 2.17. The monoisotopic (exact) mass is 897 g/mol. The van der Waals surface area contributed by atoms with Gasteiger partial charge in [0.05, 0.1) is 19.8 Å². The van der Waals surface area contributed by atoms with E-state index in [0.29, 0.717) is 13.0 Å². The number of carbonyl (C=O) groups excluding carboxylic acids is 1. The summed E-state index contributed by atoms with van der Waals surface area (Å²) in [6, 6.07) is 0. The van der Waals surface area contributed by atoms with Gasteiger partial charge in [-0.2, -0.15) is 0 Å². The molecule has 0 bridgehead atoms. The topological polar surface area (TPSA) is 135 Å². The number of allylic oxidation sites excluding steroid dienone is 2. The van der Waals surface area contributed by atoms with Gasteiger partial charge in [0.2, 0.25) is 0 Å². The lowest BCUT2D eigenvalue weighted by Crippen LogP contribution is -2.59. The molecule has 0 aromatic carbocycles. The van der Waals surface area contributed by atoms with Crippen molar-refractivity contribution in [1.82, 2.24) is 0 Å². The van der Waals surface area contributed by atoms with Crippen LogP contribution in [0.25, 0.3) is 0 Å².